The Morgan fingerprint density at radius 1 is 1.12 bits per heavy atom. The third-order valence-corrected chi connectivity index (χ3v) is 6.63. The molecular weight excluding hydrogens is 340 g/mol. The zero-order valence-corrected chi connectivity index (χ0v) is 13.8. The maximum Gasteiger partial charge on any atom is 0.243 e. The van der Waals surface area contributed by atoms with Crippen LogP contribution in [-0.4, -0.2) is 55.8 Å². The van der Waals surface area contributed by atoms with Crippen LogP contribution in [0.4, 0.5) is 8.78 Å². The number of amides is 1. The Morgan fingerprint density at radius 3 is 2.29 bits per heavy atom. The number of primary amides is 1. The van der Waals surface area contributed by atoms with E-state index in [0.717, 1.165) is 12.1 Å². The van der Waals surface area contributed by atoms with Crippen LogP contribution in [-0.2, 0) is 14.8 Å². The number of halogens is 2. The number of likely N-dealkylation sites (tertiary alicyclic amines) is 1. The smallest absolute Gasteiger partial charge is 0.243 e. The maximum absolute atomic E-state index is 13.3. The summed E-state index contributed by atoms with van der Waals surface area (Å²) < 4.78 is 52.3. The van der Waals surface area contributed by atoms with Gasteiger partial charge in [-0.3, -0.25) is 9.69 Å². The highest BCUT2D eigenvalue weighted by molar-refractivity contribution is 7.89. The van der Waals surface area contributed by atoms with Crippen molar-refractivity contribution in [2.75, 3.05) is 26.2 Å². The molecule has 0 atom stereocenters. The normalized spacial score (nSPS) is 21.6. The summed E-state index contributed by atoms with van der Waals surface area (Å²) in [5, 5.41) is 0. The van der Waals surface area contributed by atoms with Gasteiger partial charge in [0, 0.05) is 25.0 Å². The summed E-state index contributed by atoms with van der Waals surface area (Å²) in [4.78, 5) is 13.1. The van der Waals surface area contributed by atoms with Crippen molar-refractivity contribution in [2.24, 2.45) is 11.7 Å². The molecule has 2 aliphatic heterocycles. The van der Waals surface area contributed by atoms with Crippen molar-refractivity contribution in [3.8, 4) is 0 Å². The van der Waals surface area contributed by atoms with Crippen LogP contribution in [0.2, 0.25) is 0 Å². The lowest BCUT2D eigenvalue weighted by molar-refractivity contribution is -0.123. The number of nitrogens with two attached hydrogens (primary N) is 1. The quantitative estimate of drug-likeness (QED) is 0.850. The van der Waals surface area contributed by atoms with Crippen LogP contribution in [0.3, 0.4) is 0 Å². The second-order valence-corrected chi connectivity index (χ2v) is 8.20. The average molecular weight is 359 g/mol. The first-order valence-electron chi connectivity index (χ1n) is 7.77. The SMILES string of the molecule is NC(=O)C1CCN(C2CN(S(=O)(=O)c3ccc(F)c(F)c3)C2)CC1. The molecule has 1 aromatic rings. The van der Waals surface area contributed by atoms with Crippen molar-refractivity contribution in [1.29, 1.82) is 0 Å². The fourth-order valence-electron chi connectivity index (χ4n) is 3.18. The molecule has 3 rings (SSSR count). The summed E-state index contributed by atoms with van der Waals surface area (Å²) in [6, 6.07) is 2.67. The molecule has 1 aromatic carbocycles. The summed E-state index contributed by atoms with van der Waals surface area (Å²) in [5.41, 5.74) is 5.30. The Bertz CT molecular complexity index is 742. The number of rotatable bonds is 4. The molecule has 0 unspecified atom stereocenters. The Hall–Kier alpha value is -1.58. The molecule has 2 aliphatic rings. The van der Waals surface area contributed by atoms with Crippen molar-refractivity contribution in [3.05, 3.63) is 29.8 Å². The molecule has 1 amide bonds. The van der Waals surface area contributed by atoms with E-state index in [1.165, 1.54) is 4.31 Å². The Balaban J connectivity index is 1.60. The van der Waals surface area contributed by atoms with Crippen molar-refractivity contribution < 1.29 is 22.0 Å². The fourth-order valence-corrected chi connectivity index (χ4v) is 4.71. The van der Waals surface area contributed by atoms with Gasteiger partial charge in [0.2, 0.25) is 15.9 Å². The van der Waals surface area contributed by atoms with E-state index in [0.29, 0.717) is 45.1 Å². The van der Waals surface area contributed by atoms with Gasteiger partial charge in [-0.1, -0.05) is 0 Å². The van der Waals surface area contributed by atoms with Gasteiger partial charge < -0.3 is 5.73 Å². The molecule has 2 N–H and O–H groups in total. The van der Waals surface area contributed by atoms with Crippen LogP contribution in [0.1, 0.15) is 12.8 Å². The summed E-state index contributed by atoms with van der Waals surface area (Å²) >= 11 is 0. The van der Waals surface area contributed by atoms with Crippen LogP contribution in [0.5, 0.6) is 0 Å². The summed E-state index contributed by atoms with van der Waals surface area (Å²) in [5.74, 6) is -2.65. The first-order chi connectivity index (χ1) is 11.3. The van der Waals surface area contributed by atoms with E-state index in [-0.39, 0.29) is 22.8 Å². The number of carbonyl (C=O) groups is 1. The first-order valence-corrected chi connectivity index (χ1v) is 9.21. The van der Waals surface area contributed by atoms with Gasteiger partial charge in [-0.25, -0.2) is 17.2 Å². The van der Waals surface area contributed by atoms with Gasteiger partial charge in [0.15, 0.2) is 11.6 Å². The Kier molecular flexibility index (Phi) is 4.58. The molecule has 9 heteroatoms. The van der Waals surface area contributed by atoms with E-state index in [1.807, 2.05) is 0 Å². The van der Waals surface area contributed by atoms with Crippen molar-refractivity contribution in [3.63, 3.8) is 0 Å². The largest absolute Gasteiger partial charge is 0.369 e. The van der Waals surface area contributed by atoms with Gasteiger partial charge in [0.1, 0.15) is 0 Å². The Morgan fingerprint density at radius 2 is 1.75 bits per heavy atom. The molecule has 132 valence electrons. The monoisotopic (exact) mass is 359 g/mol. The Labute approximate surface area is 139 Å². The fraction of sp³-hybridized carbons (Fsp3) is 0.533. The van der Waals surface area contributed by atoms with Crippen molar-refractivity contribution >= 4 is 15.9 Å². The van der Waals surface area contributed by atoms with Crippen LogP contribution >= 0.6 is 0 Å². The van der Waals surface area contributed by atoms with E-state index >= 15 is 0 Å². The molecule has 2 fully saturated rings. The lowest BCUT2D eigenvalue weighted by Gasteiger charge is -2.46. The van der Waals surface area contributed by atoms with Gasteiger partial charge in [-0.05, 0) is 44.1 Å². The van der Waals surface area contributed by atoms with E-state index in [2.05, 4.69) is 4.90 Å². The zero-order valence-electron chi connectivity index (χ0n) is 13.0. The summed E-state index contributed by atoms with van der Waals surface area (Å²) in [6.45, 7) is 2.03. The highest BCUT2D eigenvalue weighted by Gasteiger charge is 2.41. The van der Waals surface area contributed by atoms with Gasteiger partial charge >= 0.3 is 0 Å². The molecule has 2 saturated heterocycles. The summed E-state index contributed by atoms with van der Waals surface area (Å²) in [6.07, 6.45) is 1.36. The van der Waals surface area contributed by atoms with Crippen LogP contribution in [0, 0.1) is 17.6 Å². The standard InChI is InChI=1S/C15H19F2N3O3S/c16-13-2-1-12(7-14(13)17)24(22,23)20-8-11(9-20)19-5-3-10(4-6-19)15(18)21/h1-2,7,10-11H,3-6,8-9H2,(H2,18,21). The average Bonchev–Trinajstić information content (AvgIpc) is 2.48. The molecule has 2 heterocycles. The van der Waals surface area contributed by atoms with E-state index in [9.17, 15) is 22.0 Å². The van der Waals surface area contributed by atoms with Gasteiger partial charge in [0.25, 0.3) is 0 Å². The molecule has 0 aromatic heterocycles. The highest BCUT2D eigenvalue weighted by Crippen LogP contribution is 2.28. The predicted octanol–water partition coefficient (Wildman–Crippen LogP) is 0.535. The minimum atomic E-state index is -3.81. The van der Waals surface area contributed by atoms with E-state index in [4.69, 9.17) is 5.73 Å². The van der Waals surface area contributed by atoms with Crippen molar-refractivity contribution in [1.82, 2.24) is 9.21 Å². The molecule has 0 bridgehead atoms. The van der Waals surface area contributed by atoms with Crippen LogP contribution in [0.25, 0.3) is 0 Å². The molecule has 24 heavy (non-hydrogen) atoms. The number of hydrogen-bond donors (Lipinski definition) is 1. The second kappa shape index (κ2) is 6.38. The molecule has 0 radical (unpaired) electrons. The topological polar surface area (TPSA) is 83.7 Å². The lowest BCUT2D eigenvalue weighted by atomic mass is 9.94. The summed E-state index contributed by atoms with van der Waals surface area (Å²) in [7, 11) is -3.81. The number of piperidine rings is 1. The highest BCUT2D eigenvalue weighted by atomic mass is 32.2. The van der Waals surface area contributed by atoms with Gasteiger partial charge in [0.05, 0.1) is 4.90 Å². The third kappa shape index (κ3) is 3.15. The zero-order chi connectivity index (χ0) is 17.5. The molecule has 0 spiro atoms. The van der Waals surface area contributed by atoms with E-state index < -0.39 is 21.7 Å². The number of carbonyl (C=O) groups excluding carboxylic acids is 1. The lowest BCUT2D eigenvalue weighted by Crippen LogP contribution is -2.62. The van der Waals surface area contributed by atoms with Crippen LogP contribution in [0.15, 0.2) is 23.1 Å². The first kappa shape index (κ1) is 17.2. The molecule has 0 saturated carbocycles. The minimum absolute atomic E-state index is 0.0823. The number of benzene rings is 1. The molecule has 0 aliphatic carbocycles. The number of sulfonamides is 1. The number of hydrogen-bond acceptors (Lipinski definition) is 4. The van der Waals surface area contributed by atoms with Gasteiger partial charge in [-0.2, -0.15) is 4.31 Å². The van der Waals surface area contributed by atoms with E-state index in [1.54, 1.807) is 0 Å². The van der Waals surface area contributed by atoms with Crippen LogP contribution < -0.4 is 5.73 Å². The predicted molar refractivity (Wildman–Crippen MR) is 82.4 cm³/mol. The minimum Gasteiger partial charge on any atom is -0.369 e. The number of nitrogens with zero attached hydrogens (tertiary/aromatic N) is 2. The van der Waals surface area contributed by atoms with Crippen molar-refractivity contribution in [2.45, 2.75) is 23.8 Å². The third-order valence-electron chi connectivity index (χ3n) is 4.81. The second-order valence-electron chi connectivity index (χ2n) is 6.26. The molecule has 6 nitrogen and oxygen atoms in total. The maximum atomic E-state index is 13.3. The van der Waals surface area contributed by atoms with Gasteiger partial charge in [-0.15, -0.1) is 0 Å². The molecular formula is C15H19F2N3O3S.